The Kier molecular flexibility index (Phi) is 5.25. The van der Waals surface area contributed by atoms with Crippen LogP contribution in [0.5, 0.6) is 0 Å². The third-order valence-corrected chi connectivity index (χ3v) is 4.44. The van der Waals surface area contributed by atoms with Crippen LogP contribution >= 0.6 is 0 Å². The summed E-state index contributed by atoms with van der Waals surface area (Å²) in [7, 11) is 0. The lowest BCUT2D eigenvalue weighted by Gasteiger charge is -2.09. The van der Waals surface area contributed by atoms with Crippen molar-refractivity contribution in [3.8, 4) is 0 Å². The minimum atomic E-state index is -0.353. The van der Waals surface area contributed by atoms with Crippen molar-refractivity contribution in [2.45, 2.75) is 6.54 Å². The van der Waals surface area contributed by atoms with Gasteiger partial charge in [0.2, 0.25) is 0 Å². The number of carbonyl (C=O) groups is 2. The number of hydrogen-bond acceptors (Lipinski definition) is 4. The van der Waals surface area contributed by atoms with E-state index in [9.17, 15) is 9.59 Å². The second-order valence-electron chi connectivity index (χ2n) is 6.47. The quantitative estimate of drug-likeness (QED) is 0.550. The fourth-order valence-corrected chi connectivity index (χ4v) is 2.97. The summed E-state index contributed by atoms with van der Waals surface area (Å²) in [6.07, 6.45) is 4.55. The molecule has 0 radical (unpaired) electrons. The van der Waals surface area contributed by atoms with Gasteiger partial charge in [0.25, 0.3) is 11.8 Å². The molecule has 0 saturated carbocycles. The summed E-state index contributed by atoms with van der Waals surface area (Å²) in [5.41, 5.74) is 2.92. The maximum Gasteiger partial charge on any atom is 0.257 e. The van der Waals surface area contributed by atoms with E-state index in [1.54, 1.807) is 12.3 Å². The van der Waals surface area contributed by atoms with E-state index in [0.29, 0.717) is 28.9 Å². The zero-order valence-corrected chi connectivity index (χ0v) is 15.5. The molecule has 2 heterocycles. The number of benzene rings is 2. The van der Waals surface area contributed by atoms with Crippen LogP contribution in [0.1, 0.15) is 26.3 Å². The van der Waals surface area contributed by atoms with Gasteiger partial charge in [0.15, 0.2) is 0 Å². The molecule has 6 heteroatoms. The van der Waals surface area contributed by atoms with Crippen LogP contribution in [-0.2, 0) is 6.54 Å². The minimum absolute atomic E-state index is 0.289. The Morgan fingerprint density at radius 3 is 2.41 bits per heavy atom. The molecule has 29 heavy (non-hydrogen) atoms. The first-order valence-corrected chi connectivity index (χ1v) is 9.13. The summed E-state index contributed by atoms with van der Waals surface area (Å²) in [4.78, 5) is 33.5. The summed E-state index contributed by atoms with van der Waals surface area (Å²) in [6.45, 7) is 0.401. The molecule has 2 aromatic carbocycles. The highest BCUT2D eigenvalue weighted by Gasteiger charge is 2.13. The predicted octanol–water partition coefficient (Wildman–Crippen LogP) is 3.81. The average molecular weight is 382 g/mol. The lowest BCUT2D eigenvalue weighted by atomic mass is 10.1. The van der Waals surface area contributed by atoms with Gasteiger partial charge < -0.3 is 10.6 Å². The summed E-state index contributed by atoms with van der Waals surface area (Å²) in [5.74, 6) is -0.642. The molecule has 0 saturated heterocycles. The molecule has 0 aliphatic heterocycles. The number of aromatic nitrogens is 2. The van der Waals surface area contributed by atoms with Gasteiger partial charge in [-0.25, -0.2) is 0 Å². The predicted molar refractivity (Wildman–Crippen MR) is 112 cm³/mol. The zero-order valence-electron chi connectivity index (χ0n) is 15.5. The number of nitrogens with one attached hydrogen (secondary N) is 2. The topological polar surface area (TPSA) is 84.0 Å². The molecule has 2 amide bonds. The lowest BCUT2D eigenvalue weighted by Crippen LogP contribution is -2.23. The molecule has 0 aliphatic carbocycles. The Morgan fingerprint density at radius 2 is 1.59 bits per heavy atom. The fraction of sp³-hybridized carbons (Fsp3) is 0.0435. The number of rotatable bonds is 5. The van der Waals surface area contributed by atoms with E-state index < -0.39 is 0 Å². The van der Waals surface area contributed by atoms with Gasteiger partial charge in [-0.05, 0) is 23.8 Å². The van der Waals surface area contributed by atoms with Crippen molar-refractivity contribution in [1.82, 2.24) is 15.3 Å². The van der Waals surface area contributed by atoms with Crippen molar-refractivity contribution in [3.63, 3.8) is 0 Å². The lowest BCUT2D eigenvalue weighted by molar-refractivity contribution is 0.0950. The Balaban J connectivity index is 1.49. The third-order valence-electron chi connectivity index (χ3n) is 4.44. The largest absolute Gasteiger partial charge is 0.348 e. The summed E-state index contributed by atoms with van der Waals surface area (Å²) >= 11 is 0. The highest BCUT2D eigenvalue weighted by atomic mass is 16.2. The summed E-state index contributed by atoms with van der Waals surface area (Å²) in [5, 5.41) is 6.61. The van der Waals surface area contributed by atoms with Crippen molar-refractivity contribution in [1.29, 1.82) is 0 Å². The average Bonchev–Trinajstić information content (AvgIpc) is 2.78. The van der Waals surface area contributed by atoms with E-state index in [1.165, 1.54) is 18.5 Å². The van der Waals surface area contributed by atoms with E-state index in [1.807, 2.05) is 54.6 Å². The molecule has 142 valence electrons. The zero-order chi connectivity index (χ0) is 20.1. The second-order valence-corrected chi connectivity index (χ2v) is 6.47. The molecule has 4 aromatic rings. The van der Waals surface area contributed by atoms with Gasteiger partial charge in [-0.15, -0.1) is 0 Å². The van der Waals surface area contributed by atoms with Gasteiger partial charge in [0, 0.05) is 30.5 Å². The maximum atomic E-state index is 12.7. The molecule has 0 aliphatic rings. The molecule has 2 N–H and O–H groups in total. The van der Waals surface area contributed by atoms with E-state index in [-0.39, 0.29) is 11.8 Å². The van der Waals surface area contributed by atoms with Crippen LogP contribution in [-0.4, -0.2) is 21.8 Å². The van der Waals surface area contributed by atoms with Crippen LogP contribution in [0.15, 0.2) is 85.3 Å². The van der Waals surface area contributed by atoms with Crippen LogP contribution < -0.4 is 10.6 Å². The first-order valence-electron chi connectivity index (χ1n) is 9.13. The summed E-state index contributed by atoms with van der Waals surface area (Å²) in [6, 6.07) is 20.5. The number of para-hydroxylation sites is 1. The van der Waals surface area contributed by atoms with Crippen LogP contribution in [0.2, 0.25) is 0 Å². The minimum Gasteiger partial charge on any atom is -0.348 e. The van der Waals surface area contributed by atoms with Crippen LogP contribution in [0, 0.1) is 0 Å². The number of amides is 2. The van der Waals surface area contributed by atoms with Gasteiger partial charge in [-0.1, -0.05) is 48.5 Å². The first kappa shape index (κ1) is 18.3. The van der Waals surface area contributed by atoms with E-state index in [0.717, 1.165) is 10.9 Å². The van der Waals surface area contributed by atoms with Crippen LogP contribution in [0.4, 0.5) is 5.69 Å². The van der Waals surface area contributed by atoms with Gasteiger partial charge in [-0.3, -0.25) is 19.6 Å². The molecular weight excluding hydrogens is 364 g/mol. The number of carbonyl (C=O) groups excluding carboxylic acids is 2. The van der Waals surface area contributed by atoms with Crippen molar-refractivity contribution in [2.75, 3.05) is 5.32 Å². The number of fused-ring (bicyclic) bond motifs is 1. The Labute approximate surface area is 167 Å². The highest BCUT2D eigenvalue weighted by Crippen LogP contribution is 2.21. The van der Waals surface area contributed by atoms with Crippen LogP contribution in [0.3, 0.4) is 0 Å². The molecule has 2 aromatic heterocycles. The maximum absolute atomic E-state index is 12.7. The van der Waals surface area contributed by atoms with E-state index >= 15 is 0 Å². The number of anilines is 1. The summed E-state index contributed by atoms with van der Waals surface area (Å²) < 4.78 is 0. The first-order chi connectivity index (χ1) is 14.2. The molecular formula is C23H18N4O2. The van der Waals surface area contributed by atoms with E-state index in [4.69, 9.17) is 0 Å². The van der Waals surface area contributed by atoms with Crippen molar-refractivity contribution >= 4 is 28.4 Å². The number of nitrogens with zero attached hydrogens (tertiary/aromatic N) is 2. The van der Waals surface area contributed by atoms with Crippen molar-refractivity contribution in [2.24, 2.45) is 0 Å². The molecule has 4 rings (SSSR count). The van der Waals surface area contributed by atoms with Gasteiger partial charge >= 0.3 is 0 Å². The Bertz CT molecular complexity index is 1170. The molecule has 6 nitrogen and oxygen atoms in total. The van der Waals surface area contributed by atoms with Crippen LogP contribution in [0.25, 0.3) is 10.9 Å². The third kappa shape index (κ3) is 4.27. The normalized spacial score (nSPS) is 10.5. The second kappa shape index (κ2) is 8.31. The van der Waals surface area contributed by atoms with Crippen molar-refractivity contribution < 1.29 is 9.59 Å². The van der Waals surface area contributed by atoms with Gasteiger partial charge in [0.1, 0.15) is 0 Å². The number of hydrogen-bond donors (Lipinski definition) is 2. The van der Waals surface area contributed by atoms with Crippen molar-refractivity contribution in [3.05, 3.63) is 102 Å². The molecule has 0 fully saturated rings. The molecule has 0 unspecified atom stereocenters. The molecule has 0 atom stereocenters. The monoisotopic (exact) mass is 382 g/mol. The van der Waals surface area contributed by atoms with E-state index in [2.05, 4.69) is 20.6 Å². The molecule has 0 bridgehead atoms. The Hall–Kier alpha value is -4.06. The number of pyridine rings is 2. The Morgan fingerprint density at radius 1 is 0.828 bits per heavy atom. The van der Waals surface area contributed by atoms with Gasteiger partial charge in [-0.2, -0.15) is 0 Å². The van der Waals surface area contributed by atoms with Gasteiger partial charge in [0.05, 0.1) is 22.3 Å². The standard InChI is InChI=1S/C23H18N4O2/c28-22(26-13-16-6-2-1-3-7-16)18-12-19(15-24-14-18)23(29)27-20-10-4-8-17-9-5-11-25-21(17)20/h1-12,14-15H,13H2,(H,26,28)(H,27,29). The highest BCUT2D eigenvalue weighted by molar-refractivity contribution is 6.09. The fourth-order valence-electron chi connectivity index (χ4n) is 2.97. The SMILES string of the molecule is O=C(NCc1ccccc1)c1cncc(C(=O)Nc2cccc3cccnc23)c1. The molecule has 0 spiro atoms. The smallest absolute Gasteiger partial charge is 0.257 e.